The second-order valence-corrected chi connectivity index (χ2v) is 8.28. The van der Waals surface area contributed by atoms with Crippen LogP contribution in [-0.2, 0) is 6.42 Å². The number of hydrogen-bond acceptors (Lipinski definition) is 4. The SMILES string of the molecule is CC1(C)Cc2cccc(OCCNC(=O)c3ccc(NC(=O)c4ccccc4)cc3)c2O1. The lowest BCUT2D eigenvalue weighted by Crippen LogP contribution is -2.28. The van der Waals surface area contributed by atoms with Crippen molar-refractivity contribution in [3.63, 3.8) is 0 Å². The van der Waals surface area contributed by atoms with Gasteiger partial charge >= 0.3 is 0 Å². The second kappa shape index (κ2) is 9.14. The summed E-state index contributed by atoms with van der Waals surface area (Å²) in [6.45, 7) is 4.79. The molecular formula is C26H26N2O4. The van der Waals surface area contributed by atoms with Crippen LogP contribution in [0.4, 0.5) is 5.69 Å². The van der Waals surface area contributed by atoms with E-state index < -0.39 is 0 Å². The minimum absolute atomic E-state index is 0.195. The van der Waals surface area contributed by atoms with Crippen LogP contribution in [-0.4, -0.2) is 30.6 Å². The van der Waals surface area contributed by atoms with Gasteiger partial charge in [-0.3, -0.25) is 9.59 Å². The zero-order valence-corrected chi connectivity index (χ0v) is 18.2. The van der Waals surface area contributed by atoms with Gasteiger partial charge in [-0.05, 0) is 56.3 Å². The number of nitrogens with one attached hydrogen (secondary N) is 2. The first-order valence-corrected chi connectivity index (χ1v) is 10.6. The largest absolute Gasteiger partial charge is 0.488 e. The number of hydrogen-bond donors (Lipinski definition) is 2. The van der Waals surface area contributed by atoms with E-state index in [0.717, 1.165) is 17.7 Å². The van der Waals surface area contributed by atoms with Crippen molar-refractivity contribution in [1.82, 2.24) is 5.32 Å². The number of rotatable bonds is 7. The molecule has 1 aliphatic rings. The zero-order valence-electron chi connectivity index (χ0n) is 18.2. The summed E-state index contributed by atoms with van der Waals surface area (Å²) in [5, 5.41) is 5.67. The van der Waals surface area contributed by atoms with E-state index in [-0.39, 0.29) is 17.4 Å². The number of carbonyl (C=O) groups excluding carboxylic acids is 2. The summed E-state index contributed by atoms with van der Waals surface area (Å²) in [6.07, 6.45) is 0.845. The van der Waals surface area contributed by atoms with Gasteiger partial charge in [0.05, 0.1) is 6.54 Å². The van der Waals surface area contributed by atoms with Gasteiger partial charge in [0, 0.05) is 28.8 Å². The normalized spacial score (nSPS) is 13.6. The van der Waals surface area contributed by atoms with Gasteiger partial charge < -0.3 is 20.1 Å². The predicted octanol–water partition coefficient (Wildman–Crippen LogP) is 4.46. The zero-order chi connectivity index (χ0) is 22.6. The van der Waals surface area contributed by atoms with Gasteiger partial charge in [0.2, 0.25) is 0 Å². The molecule has 0 spiro atoms. The lowest BCUT2D eigenvalue weighted by molar-refractivity contribution is 0.0945. The molecule has 0 aromatic heterocycles. The molecule has 1 heterocycles. The molecule has 4 rings (SSSR count). The maximum Gasteiger partial charge on any atom is 0.255 e. The highest BCUT2D eigenvalue weighted by Crippen LogP contribution is 2.41. The van der Waals surface area contributed by atoms with E-state index in [1.807, 2.05) is 36.4 Å². The molecule has 2 N–H and O–H groups in total. The molecule has 6 heteroatoms. The maximum absolute atomic E-state index is 12.4. The predicted molar refractivity (Wildman–Crippen MR) is 124 cm³/mol. The Hall–Kier alpha value is -3.80. The molecule has 0 aliphatic carbocycles. The Morgan fingerprint density at radius 1 is 0.906 bits per heavy atom. The van der Waals surface area contributed by atoms with Crippen molar-refractivity contribution >= 4 is 17.5 Å². The van der Waals surface area contributed by atoms with Crippen LogP contribution in [0, 0.1) is 0 Å². The monoisotopic (exact) mass is 430 g/mol. The average Bonchev–Trinajstić information content (AvgIpc) is 3.12. The van der Waals surface area contributed by atoms with Gasteiger partial charge in [0.25, 0.3) is 11.8 Å². The van der Waals surface area contributed by atoms with Gasteiger partial charge in [-0.15, -0.1) is 0 Å². The molecule has 3 aromatic carbocycles. The van der Waals surface area contributed by atoms with Crippen LogP contribution in [0.1, 0.15) is 40.1 Å². The third-order valence-electron chi connectivity index (χ3n) is 5.14. The Morgan fingerprint density at radius 3 is 2.38 bits per heavy atom. The molecule has 0 bridgehead atoms. The number of para-hydroxylation sites is 1. The fraction of sp³-hybridized carbons (Fsp3) is 0.231. The first kappa shape index (κ1) is 21.4. The highest BCUT2D eigenvalue weighted by Gasteiger charge is 2.32. The van der Waals surface area contributed by atoms with E-state index in [9.17, 15) is 9.59 Å². The number of benzene rings is 3. The Labute approximate surface area is 187 Å². The molecule has 3 aromatic rings. The topological polar surface area (TPSA) is 76.7 Å². The van der Waals surface area contributed by atoms with E-state index >= 15 is 0 Å². The minimum Gasteiger partial charge on any atom is -0.488 e. The van der Waals surface area contributed by atoms with Crippen molar-refractivity contribution in [3.05, 3.63) is 89.5 Å². The van der Waals surface area contributed by atoms with Crippen LogP contribution in [0.15, 0.2) is 72.8 Å². The lowest BCUT2D eigenvalue weighted by atomic mass is 10.0. The maximum atomic E-state index is 12.4. The van der Waals surface area contributed by atoms with Crippen molar-refractivity contribution in [2.45, 2.75) is 25.9 Å². The van der Waals surface area contributed by atoms with E-state index in [2.05, 4.69) is 24.5 Å². The van der Waals surface area contributed by atoms with Crippen LogP contribution in [0.2, 0.25) is 0 Å². The van der Waals surface area contributed by atoms with E-state index in [1.165, 1.54) is 0 Å². The summed E-state index contributed by atoms with van der Waals surface area (Å²) >= 11 is 0. The summed E-state index contributed by atoms with van der Waals surface area (Å²) in [7, 11) is 0. The highest BCUT2D eigenvalue weighted by molar-refractivity contribution is 6.04. The molecule has 0 radical (unpaired) electrons. The molecule has 0 saturated carbocycles. The van der Waals surface area contributed by atoms with Crippen molar-refractivity contribution in [1.29, 1.82) is 0 Å². The molecule has 0 atom stereocenters. The van der Waals surface area contributed by atoms with Crippen LogP contribution in [0.3, 0.4) is 0 Å². The molecule has 164 valence electrons. The van der Waals surface area contributed by atoms with E-state index in [1.54, 1.807) is 36.4 Å². The third-order valence-corrected chi connectivity index (χ3v) is 5.14. The van der Waals surface area contributed by atoms with Crippen LogP contribution in [0.5, 0.6) is 11.5 Å². The number of amides is 2. The smallest absolute Gasteiger partial charge is 0.255 e. The summed E-state index contributed by atoms with van der Waals surface area (Å²) < 4.78 is 11.8. The minimum atomic E-state index is -0.233. The van der Waals surface area contributed by atoms with Gasteiger partial charge in [0.15, 0.2) is 11.5 Å². The quantitative estimate of drug-likeness (QED) is 0.543. The van der Waals surface area contributed by atoms with Crippen LogP contribution < -0.4 is 20.1 Å². The van der Waals surface area contributed by atoms with Crippen molar-refractivity contribution in [2.24, 2.45) is 0 Å². The molecule has 1 aliphatic heterocycles. The number of fused-ring (bicyclic) bond motifs is 1. The molecule has 32 heavy (non-hydrogen) atoms. The lowest BCUT2D eigenvalue weighted by Gasteiger charge is -2.18. The Morgan fingerprint density at radius 2 is 1.62 bits per heavy atom. The fourth-order valence-corrected chi connectivity index (χ4v) is 3.63. The van der Waals surface area contributed by atoms with Crippen LogP contribution >= 0.6 is 0 Å². The Balaban J connectivity index is 1.26. The first-order chi connectivity index (χ1) is 15.4. The number of anilines is 1. The van der Waals surface area contributed by atoms with Gasteiger partial charge in [0.1, 0.15) is 12.2 Å². The Bertz CT molecular complexity index is 1110. The van der Waals surface area contributed by atoms with Gasteiger partial charge in [-0.2, -0.15) is 0 Å². The number of ether oxygens (including phenoxy) is 2. The van der Waals surface area contributed by atoms with E-state index in [4.69, 9.17) is 9.47 Å². The molecule has 0 saturated heterocycles. The molecule has 0 unspecified atom stereocenters. The van der Waals surface area contributed by atoms with Crippen LogP contribution in [0.25, 0.3) is 0 Å². The van der Waals surface area contributed by atoms with Gasteiger partial charge in [-0.1, -0.05) is 30.3 Å². The highest BCUT2D eigenvalue weighted by atomic mass is 16.5. The summed E-state index contributed by atoms with van der Waals surface area (Å²) in [4.78, 5) is 24.6. The summed E-state index contributed by atoms with van der Waals surface area (Å²) in [5.74, 6) is 1.09. The third kappa shape index (κ3) is 5.09. The summed E-state index contributed by atoms with van der Waals surface area (Å²) in [6, 6.07) is 21.6. The molecule has 2 amide bonds. The van der Waals surface area contributed by atoms with Gasteiger partial charge in [-0.25, -0.2) is 0 Å². The second-order valence-electron chi connectivity index (χ2n) is 8.28. The average molecular weight is 431 g/mol. The Kier molecular flexibility index (Phi) is 6.12. The number of carbonyl (C=O) groups is 2. The van der Waals surface area contributed by atoms with Crippen molar-refractivity contribution < 1.29 is 19.1 Å². The van der Waals surface area contributed by atoms with Crippen molar-refractivity contribution in [3.8, 4) is 11.5 Å². The fourth-order valence-electron chi connectivity index (χ4n) is 3.63. The standard InChI is InChI=1S/C26H26N2O4/c1-26(2)17-20-9-6-10-22(23(20)32-26)31-16-15-27-24(29)19-11-13-21(14-12-19)28-25(30)18-7-4-3-5-8-18/h3-14H,15-17H2,1-2H3,(H,27,29)(H,28,30). The summed E-state index contributed by atoms with van der Waals surface area (Å²) in [5.41, 5.74) is 2.61. The van der Waals surface area contributed by atoms with E-state index in [0.29, 0.717) is 35.7 Å². The van der Waals surface area contributed by atoms with Crippen molar-refractivity contribution in [2.75, 3.05) is 18.5 Å². The molecular weight excluding hydrogens is 404 g/mol. The molecule has 6 nitrogen and oxygen atoms in total. The molecule has 0 fully saturated rings. The first-order valence-electron chi connectivity index (χ1n) is 10.6.